The predicted molar refractivity (Wildman–Crippen MR) is 223 cm³/mol. The highest BCUT2D eigenvalue weighted by molar-refractivity contribution is 9.10. The van der Waals surface area contributed by atoms with Gasteiger partial charge in [-0.2, -0.15) is 5.01 Å². The maximum atomic E-state index is 15.5. The fourth-order valence-electron chi connectivity index (χ4n) is 10.5. The number of carbonyl (C=O) groups excluding carboxylic acids is 4. The number of nitrogens with zero attached hydrogens (tertiary/aromatic N) is 3. The summed E-state index contributed by atoms with van der Waals surface area (Å²) in [5.41, 5.74) is 4.69. The van der Waals surface area contributed by atoms with Crippen LogP contribution in [0.3, 0.4) is 0 Å². The third kappa shape index (κ3) is 6.24. The number of ether oxygens (including phenoxy) is 1. The van der Waals surface area contributed by atoms with Crippen LogP contribution in [0.4, 0.5) is 5.69 Å². The number of nitrogens with one attached hydrogen (secondary N) is 1. The van der Waals surface area contributed by atoms with Crippen LogP contribution in [0.2, 0.25) is 10.0 Å². The molecule has 3 heterocycles. The van der Waals surface area contributed by atoms with Crippen LogP contribution < -0.4 is 10.2 Å². The maximum absolute atomic E-state index is 15.5. The van der Waals surface area contributed by atoms with Gasteiger partial charge >= 0.3 is 0 Å². The molecule has 0 radical (unpaired) electrons. The van der Waals surface area contributed by atoms with Crippen LogP contribution >= 0.6 is 39.1 Å². The highest BCUT2D eigenvalue weighted by atomic mass is 79.9. The SMILES string of the molecule is COc1ccc([C@@]23C(=O)N(Nc4ccc(Cl)cc4Cl)C(=O)[C@@H]2C[C@@H]2C(=CC[C@@H]4C(=O)N(C5CCN(Cc6ccccc6)CC5)C(=O)[C@@H]42)[C@@H]3c2cc(Br)ccc2O)cc1. The Hall–Kier alpha value is -4.68. The number of hydrazine groups is 1. The number of hydrogen-bond donors (Lipinski definition) is 2. The Bertz CT molecular complexity index is 2350. The van der Waals surface area contributed by atoms with Crippen molar-refractivity contribution in [1.29, 1.82) is 0 Å². The molecule has 0 aromatic heterocycles. The quantitative estimate of drug-likeness (QED) is 0.135. The first-order chi connectivity index (χ1) is 28.0. The van der Waals surface area contributed by atoms with Gasteiger partial charge in [-0.25, -0.2) is 0 Å². The zero-order valence-corrected chi connectivity index (χ0v) is 34.7. The van der Waals surface area contributed by atoms with E-state index < -0.39 is 46.8 Å². The molecule has 0 bridgehead atoms. The van der Waals surface area contributed by atoms with Crippen molar-refractivity contribution in [2.75, 3.05) is 25.6 Å². The average Bonchev–Trinajstić information content (AvgIpc) is 3.61. The number of fused-ring (bicyclic) bond motifs is 4. The monoisotopic (exact) mass is 882 g/mol. The van der Waals surface area contributed by atoms with Gasteiger partial charge in [-0.15, -0.1) is 0 Å². The number of piperidine rings is 1. The standard InChI is InChI=1S/C45H41BrCl2N4O6/c1-58-30-11-7-26(8-12-30)45-35(42(55)52(44(45)57)49-37-15-10-28(47)22-36(37)48)23-33-31(40(45)34-21-27(46)9-16-38(34)53)13-14-32-39(33)43(56)51(41(32)54)29-17-19-50(20-18-29)24-25-5-3-2-4-6-25/h2-13,15-16,21-22,29,32-33,35,39-40,49,53H,14,17-20,23-24H2,1H3/t32-,33+,35-,39-,40+,45+/m0/s1. The molecule has 4 aromatic carbocycles. The molecule has 1 saturated carbocycles. The first-order valence-corrected chi connectivity index (χ1v) is 21.1. The van der Waals surface area contributed by atoms with E-state index in [-0.39, 0.29) is 35.0 Å². The number of aromatic hydroxyl groups is 1. The van der Waals surface area contributed by atoms with Gasteiger partial charge in [0.1, 0.15) is 11.5 Å². The lowest BCUT2D eigenvalue weighted by Crippen LogP contribution is -2.53. The first kappa shape index (κ1) is 38.8. The molecule has 10 nitrogen and oxygen atoms in total. The second-order valence-corrected chi connectivity index (χ2v) is 17.7. The van der Waals surface area contributed by atoms with E-state index in [9.17, 15) is 14.7 Å². The van der Waals surface area contributed by atoms with E-state index >= 15 is 9.59 Å². The summed E-state index contributed by atoms with van der Waals surface area (Å²) in [6.07, 6.45) is 3.77. The molecule has 5 aliphatic rings. The van der Waals surface area contributed by atoms with E-state index in [1.165, 1.54) is 16.5 Å². The molecule has 4 fully saturated rings. The van der Waals surface area contributed by atoms with Crippen LogP contribution in [0.5, 0.6) is 11.5 Å². The number of halogens is 3. The second kappa shape index (κ2) is 15.2. The number of phenolic OH excluding ortho intramolecular Hbond substituents is 1. The number of likely N-dealkylation sites (tertiary alicyclic amines) is 2. The number of amides is 4. The fraction of sp³-hybridized carbons (Fsp3) is 0.333. The van der Waals surface area contributed by atoms with E-state index in [0.29, 0.717) is 51.3 Å². The number of carbonyl (C=O) groups is 4. The Morgan fingerprint density at radius 1 is 0.879 bits per heavy atom. The second-order valence-electron chi connectivity index (χ2n) is 16.0. The van der Waals surface area contributed by atoms with Crippen LogP contribution in [0.15, 0.2) is 107 Å². The summed E-state index contributed by atoms with van der Waals surface area (Å²) in [5.74, 6) is -4.72. The lowest BCUT2D eigenvalue weighted by Gasteiger charge is -2.50. The highest BCUT2D eigenvalue weighted by Crippen LogP contribution is 2.65. The number of rotatable bonds is 8. The molecule has 4 amide bonds. The minimum atomic E-state index is -1.58. The number of anilines is 1. The van der Waals surface area contributed by atoms with Gasteiger partial charge in [-0.3, -0.25) is 34.4 Å². The van der Waals surface area contributed by atoms with Gasteiger partial charge in [0.2, 0.25) is 11.8 Å². The van der Waals surface area contributed by atoms with Crippen LogP contribution in [0.25, 0.3) is 0 Å². The van der Waals surface area contributed by atoms with Crippen LogP contribution in [0.1, 0.15) is 48.3 Å². The third-order valence-corrected chi connectivity index (χ3v) is 14.1. The molecule has 3 saturated heterocycles. The van der Waals surface area contributed by atoms with Gasteiger partial charge in [0.05, 0.1) is 41.0 Å². The molecular formula is C45H41BrCl2N4O6. The van der Waals surface area contributed by atoms with Crippen molar-refractivity contribution in [2.24, 2.45) is 23.7 Å². The van der Waals surface area contributed by atoms with Crippen molar-refractivity contribution in [2.45, 2.75) is 49.6 Å². The van der Waals surface area contributed by atoms with Crippen LogP contribution in [-0.2, 0) is 31.1 Å². The molecule has 9 rings (SSSR count). The normalized spacial score (nSPS) is 27.3. The summed E-state index contributed by atoms with van der Waals surface area (Å²) in [7, 11) is 1.55. The molecule has 13 heteroatoms. The molecule has 0 spiro atoms. The molecular weight excluding hydrogens is 843 g/mol. The first-order valence-electron chi connectivity index (χ1n) is 19.6. The van der Waals surface area contributed by atoms with Crippen molar-refractivity contribution >= 4 is 68.4 Å². The largest absolute Gasteiger partial charge is 0.508 e. The molecule has 3 aliphatic heterocycles. The topological polar surface area (TPSA) is 119 Å². The molecule has 2 aliphatic carbocycles. The van der Waals surface area contributed by atoms with Gasteiger partial charge in [0.15, 0.2) is 0 Å². The Balaban J connectivity index is 1.13. The van der Waals surface area contributed by atoms with Gasteiger partial charge < -0.3 is 9.84 Å². The zero-order valence-electron chi connectivity index (χ0n) is 31.6. The highest BCUT2D eigenvalue weighted by Gasteiger charge is 2.71. The van der Waals surface area contributed by atoms with Gasteiger partial charge in [0.25, 0.3) is 11.8 Å². The van der Waals surface area contributed by atoms with E-state index in [1.54, 1.807) is 61.7 Å². The Morgan fingerprint density at radius 3 is 2.33 bits per heavy atom. The summed E-state index contributed by atoms with van der Waals surface area (Å²) in [5, 5.41) is 13.3. The number of phenols is 1. The average molecular weight is 885 g/mol. The molecule has 0 unspecified atom stereocenters. The Kier molecular flexibility index (Phi) is 10.2. The van der Waals surface area contributed by atoms with Crippen molar-refractivity contribution in [3.63, 3.8) is 0 Å². The van der Waals surface area contributed by atoms with Crippen LogP contribution in [0, 0.1) is 23.7 Å². The van der Waals surface area contributed by atoms with Gasteiger partial charge in [0, 0.05) is 46.7 Å². The number of benzene rings is 4. The summed E-state index contributed by atoms with van der Waals surface area (Å²) in [6, 6.07) is 26.9. The van der Waals surface area contributed by atoms with Crippen molar-refractivity contribution < 1.29 is 29.0 Å². The van der Waals surface area contributed by atoms with E-state index in [1.807, 2.05) is 24.3 Å². The smallest absolute Gasteiger partial charge is 0.260 e. The Morgan fingerprint density at radius 2 is 1.62 bits per heavy atom. The maximum Gasteiger partial charge on any atom is 0.260 e. The number of methoxy groups -OCH3 is 1. The molecule has 58 heavy (non-hydrogen) atoms. The van der Waals surface area contributed by atoms with Gasteiger partial charge in [-0.1, -0.05) is 93.2 Å². The summed E-state index contributed by atoms with van der Waals surface area (Å²) >= 11 is 16.4. The van der Waals surface area contributed by atoms with E-state index in [4.69, 9.17) is 27.9 Å². The fourth-order valence-corrected chi connectivity index (χ4v) is 11.3. The summed E-state index contributed by atoms with van der Waals surface area (Å²) in [4.78, 5) is 63.7. The number of allylic oxidation sites excluding steroid dienone is 2. The van der Waals surface area contributed by atoms with Crippen molar-refractivity contribution in [3.8, 4) is 11.5 Å². The summed E-state index contributed by atoms with van der Waals surface area (Å²) in [6.45, 7) is 2.32. The molecule has 4 aromatic rings. The minimum absolute atomic E-state index is 0.0615. The predicted octanol–water partition coefficient (Wildman–Crippen LogP) is 8.12. The number of imide groups is 2. The molecule has 2 N–H and O–H groups in total. The Labute approximate surface area is 354 Å². The van der Waals surface area contributed by atoms with E-state index in [0.717, 1.165) is 30.2 Å². The third-order valence-electron chi connectivity index (χ3n) is 13.1. The molecule has 6 atom stereocenters. The lowest BCUT2D eigenvalue weighted by molar-refractivity contribution is -0.144. The zero-order chi connectivity index (χ0) is 40.5. The van der Waals surface area contributed by atoms with E-state index in [2.05, 4.69) is 38.4 Å². The summed E-state index contributed by atoms with van der Waals surface area (Å²) < 4.78 is 6.16. The lowest BCUT2D eigenvalue weighted by atomic mass is 9.49. The van der Waals surface area contributed by atoms with Crippen molar-refractivity contribution in [3.05, 3.63) is 134 Å². The number of hydrogen-bond acceptors (Lipinski definition) is 8. The van der Waals surface area contributed by atoms with Crippen molar-refractivity contribution in [1.82, 2.24) is 14.8 Å². The molecule has 298 valence electrons. The van der Waals surface area contributed by atoms with Gasteiger partial charge in [-0.05, 0) is 91.3 Å². The minimum Gasteiger partial charge on any atom is -0.508 e. The van der Waals surface area contributed by atoms with Crippen LogP contribution in [-0.4, -0.2) is 69.8 Å².